The van der Waals surface area contributed by atoms with Crippen LogP contribution in [0, 0.1) is 17.2 Å². The smallest absolute Gasteiger partial charge is 0.0994 e. The number of nitrogens with zero attached hydrogens (tertiary/aromatic N) is 1. The fourth-order valence-electron chi connectivity index (χ4n) is 5.37. The van der Waals surface area contributed by atoms with Crippen molar-refractivity contribution in [2.24, 2.45) is 5.92 Å². The molecule has 1 nitrogen and oxygen atoms in total. The van der Waals surface area contributed by atoms with Gasteiger partial charge >= 0.3 is 0 Å². The zero-order valence-electron chi connectivity index (χ0n) is 20.5. The number of rotatable bonds is 12. The third-order valence-electron chi connectivity index (χ3n) is 7.56. The van der Waals surface area contributed by atoms with Crippen molar-refractivity contribution in [1.82, 2.24) is 0 Å². The Morgan fingerprint density at radius 2 is 1.41 bits per heavy atom. The van der Waals surface area contributed by atoms with E-state index in [-0.39, 0.29) is 0 Å². The molecule has 3 rings (SSSR count). The third kappa shape index (κ3) is 7.51. The Labute approximate surface area is 197 Å². The summed E-state index contributed by atoms with van der Waals surface area (Å²) < 4.78 is 0. The molecule has 1 saturated carbocycles. The van der Waals surface area contributed by atoms with Crippen molar-refractivity contribution in [2.45, 2.75) is 110 Å². The average Bonchev–Trinajstić information content (AvgIpc) is 2.84. The van der Waals surface area contributed by atoms with Gasteiger partial charge in [0, 0.05) is 0 Å². The number of nitriles is 1. The molecule has 0 saturated heterocycles. The fourth-order valence-corrected chi connectivity index (χ4v) is 5.37. The fraction of sp³-hybridized carbons (Fsp3) is 0.581. The molecule has 2 aromatic rings. The van der Waals surface area contributed by atoms with E-state index >= 15 is 0 Å². The molecule has 0 heterocycles. The van der Waals surface area contributed by atoms with Crippen LogP contribution in [-0.2, 0) is 19.3 Å². The van der Waals surface area contributed by atoms with E-state index < -0.39 is 0 Å². The predicted octanol–water partition coefficient (Wildman–Crippen LogP) is 8.93. The maximum Gasteiger partial charge on any atom is 0.0994 e. The van der Waals surface area contributed by atoms with Gasteiger partial charge < -0.3 is 0 Å². The van der Waals surface area contributed by atoms with Gasteiger partial charge in [-0.25, -0.2) is 0 Å². The van der Waals surface area contributed by atoms with Gasteiger partial charge in [0.15, 0.2) is 0 Å². The predicted molar refractivity (Wildman–Crippen MR) is 137 cm³/mol. The molecule has 1 heteroatoms. The Hall–Kier alpha value is -2.07. The normalized spacial score (nSPS) is 18.4. The van der Waals surface area contributed by atoms with Crippen LogP contribution in [0.3, 0.4) is 0 Å². The van der Waals surface area contributed by atoms with Crippen molar-refractivity contribution in [1.29, 1.82) is 5.26 Å². The topological polar surface area (TPSA) is 23.8 Å². The first-order chi connectivity index (χ1) is 15.7. The summed E-state index contributed by atoms with van der Waals surface area (Å²) in [6.45, 7) is 4.55. The molecule has 0 spiro atoms. The van der Waals surface area contributed by atoms with Crippen LogP contribution in [0.25, 0.3) is 0 Å². The van der Waals surface area contributed by atoms with E-state index in [1.165, 1.54) is 99.3 Å². The summed E-state index contributed by atoms with van der Waals surface area (Å²) in [4.78, 5) is 0. The lowest BCUT2D eigenvalue weighted by Gasteiger charge is -2.29. The first-order valence-electron chi connectivity index (χ1n) is 13.3. The van der Waals surface area contributed by atoms with Crippen LogP contribution in [0.1, 0.15) is 118 Å². The minimum absolute atomic E-state index is 0.652. The van der Waals surface area contributed by atoms with Crippen LogP contribution < -0.4 is 0 Å². The van der Waals surface area contributed by atoms with Crippen LogP contribution in [-0.4, -0.2) is 0 Å². The van der Waals surface area contributed by atoms with Crippen LogP contribution in [0.15, 0.2) is 42.5 Å². The lowest BCUT2D eigenvalue weighted by molar-refractivity contribution is 0.303. The van der Waals surface area contributed by atoms with Gasteiger partial charge in [-0.05, 0) is 91.5 Å². The molecule has 0 unspecified atom stereocenters. The zero-order chi connectivity index (χ0) is 22.6. The number of hydrogen-bond donors (Lipinski definition) is 0. The molecule has 0 N–H and O–H groups in total. The van der Waals surface area contributed by atoms with Crippen molar-refractivity contribution in [3.8, 4) is 6.07 Å². The number of benzene rings is 2. The molecule has 1 aliphatic rings. The van der Waals surface area contributed by atoms with Crippen molar-refractivity contribution < 1.29 is 0 Å². The van der Waals surface area contributed by atoms with Crippen molar-refractivity contribution >= 4 is 0 Å². The number of unbranched alkanes of at least 4 members (excludes halogenated alkanes) is 4. The second-order valence-electron chi connectivity index (χ2n) is 10.0. The minimum Gasteiger partial charge on any atom is -0.192 e. The number of aryl methyl sites for hydroxylation is 3. The standard InChI is InChI=1S/C31H43N/c1-3-5-7-9-25-11-13-27(14-12-25)17-20-29-21-22-30(23-31(29)24-32)28-18-15-26(16-19-28)10-8-6-4-2/h11-14,21-23,26,28H,3-10,15-20H2,1-2H3. The summed E-state index contributed by atoms with van der Waals surface area (Å²) in [5.41, 5.74) is 6.32. The molecule has 2 aromatic carbocycles. The summed E-state index contributed by atoms with van der Waals surface area (Å²) in [5.74, 6) is 1.59. The highest BCUT2D eigenvalue weighted by Crippen LogP contribution is 2.38. The van der Waals surface area contributed by atoms with Gasteiger partial charge in [0.25, 0.3) is 0 Å². The van der Waals surface area contributed by atoms with E-state index in [1.54, 1.807) is 0 Å². The van der Waals surface area contributed by atoms with Crippen molar-refractivity contribution in [3.05, 3.63) is 70.3 Å². The highest BCUT2D eigenvalue weighted by Gasteiger charge is 2.22. The second-order valence-corrected chi connectivity index (χ2v) is 10.0. The van der Waals surface area contributed by atoms with Gasteiger partial charge in [-0.15, -0.1) is 0 Å². The summed E-state index contributed by atoms with van der Waals surface area (Å²) in [5, 5.41) is 9.79. The summed E-state index contributed by atoms with van der Waals surface area (Å²) in [6, 6.07) is 18.4. The van der Waals surface area contributed by atoms with Gasteiger partial charge in [-0.1, -0.05) is 88.8 Å². The molecule has 0 aromatic heterocycles. The van der Waals surface area contributed by atoms with E-state index in [0.717, 1.165) is 24.3 Å². The highest BCUT2D eigenvalue weighted by atomic mass is 14.3. The molecular formula is C31H43N. The molecule has 0 aliphatic heterocycles. The third-order valence-corrected chi connectivity index (χ3v) is 7.56. The largest absolute Gasteiger partial charge is 0.192 e. The minimum atomic E-state index is 0.652. The van der Waals surface area contributed by atoms with Gasteiger partial charge in [-0.2, -0.15) is 5.26 Å². The number of hydrogen-bond acceptors (Lipinski definition) is 1. The monoisotopic (exact) mass is 429 g/mol. The molecule has 32 heavy (non-hydrogen) atoms. The van der Waals surface area contributed by atoms with Crippen LogP contribution in [0.2, 0.25) is 0 Å². The van der Waals surface area contributed by atoms with E-state index in [2.05, 4.69) is 62.4 Å². The molecule has 0 bridgehead atoms. The maximum absolute atomic E-state index is 9.79. The van der Waals surface area contributed by atoms with Crippen LogP contribution >= 0.6 is 0 Å². The van der Waals surface area contributed by atoms with Gasteiger partial charge in [0.05, 0.1) is 11.6 Å². The lowest BCUT2D eigenvalue weighted by Crippen LogP contribution is -2.13. The Balaban J connectivity index is 1.52. The second kappa shape index (κ2) is 13.5. The molecule has 0 radical (unpaired) electrons. The summed E-state index contributed by atoms with van der Waals surface area (Å²) in [6.07, 6.45) is 17.9. The highest BCUT2D eigenvalue weighted by molar-refractivity contribution is 5.42. The zero-order valence-corrected chi connectivity index (χ0v) is 20.5. The van der Waals surface area contributed by atoms with E-state index in [4.69, 9.17) is 0 Å². The first-order valence-corrected chi connectivity index (χ1v) is 13.3. The van der Waals surface area contributed by atoms with E-state index in [0.29, 0.717) is 5.92 Å². The lowest BCUT2D eigenvalue weighted by atomic mass is 9.76. The van der Waals surface area contributed by atoms with Gasteiger partial charge in [0.2, 0.25) is 0 Å². The molecule has 1 aliphatic carbocycles. The van der Waals surface area contributed by atoms with Crippen LogP contribution in [0.4, 0.5) is 0 Å². The first kappa shape index (κ1) is 24.6. The van der Waals surface area contributed by atoms with E-state index in [9.17, 15) is 5.26 Å². The van der Waals surface area contributed by atoms with Crippen LogP contribution in [0.5, 0.6) is 0 Å². The summed E-state index contributed by atoms with van der Waals surface area (Å²) >= 11 is 0. The quantitative estimate of drug-likeness (QED) is 0.309. The molecular weight excluding hydrogens is 386 g/mol. The van der Waals surface area contributed by atoms with Gasteiger partial charge in [0.1, 0.15) is 0 Å². The van der Waals surface area contributed by atoms with Gasteiger partial charge in [-0.3, -0.25) is 0 Å². The Morgan fingerprint density at radius 3 is 2.06 bits per heavy atom. The van der Waals surface area contributed by atoms with Crippen molar-refractivity contribution in [3.63, 3.8) is 0 Å². The van der Waals surface area contributed by atoms with Crippen molar-refractivity contribution in [2.75, 3.05) is 0 Å². The van der Waals surface area contributed by atoms with E-state index in [1.807, 2.05) is 0 Å². The molecule has 0 amide bonds. The molecule has 172 valence electrons. The maximum atomic E-state index is 9.79. The Kier molecular flexibility index (Phi) is 10.3. The molecule has 0 atom stereocenters. The average molecular weight is 430 g/mol. The molecule has 1 fully saturated rings. The SMILES string of the molecule is CCCCCc1ccc(CCc2ccc(C3CCC(CCCCC)CC3)cc2C#N)cc1. The Morgan fingerprint density at radius 1 is 0.750 bits per heavy atom. The summed E-state index contributed by atoms with van der Waals surface area (Å²) in [7, 11) is 0. The Bertz CT molecular complexity index is 834.